The molecule has 226 valence electrons. The van der Waals surface area contributed by atoms with Crippen molar-refractivity contribution < 1.29 is 27.3 Å². The zero-order valence-corrected chi connectivity index (χ0v) is 24.3. The van der Waals surface area contributed by atoms with E-state index in [9.17, 15) is 22.8 Å². The molecular weight excluding hydrogens is 551 g/mol. The number of nitrogens with zero attached hydrogens (tertiary/aromatic N) is 6. The monoisotopic (exact) mass is 587 g/mol. The van der Waals surface area contributed by atoms with Crippen LogP contribution in [-0.2, 0) is 32.2 Å². The second kappa shape index (κ2) is 11.9. The van der Waals surface area contributed by atoms with E-state index >= 15 is 0 Å². The number of aryl methyl sites for hydroxylation is 1. The van der Waals surface area contributed by atoms with E-state index in [0.29, 0.717) is 49.6 Å². The molecule has 0 unspecified atom stereocenters. The highest BCUT2D eigenvalue weighted by molar-refractivity contribution is 6.04. The van der Waals surface area contributed by atoms with Crippen molar-refractivity contribution in [2.24, 2.45) is 0 Å². The fourth-order valence-corrected chi connectivity index (χ4v) is 5.35. The first-order chi connectivity index (χ1) is 19.9. The molecule has 2 aromatic heterocycles. The maximum atomic E-state index is 14.0. The summed E-state index contributed by atoms with van der Waals surface area (Å²) in [6.07, 6.45) is -4.23. The lowest BCUT2D eigenvalue weighted by Crippen LogP contribution is -2.44. The Morgan fingerprint density at radius 1 is 1.10 bits per heavy atom. The van der Waals surface area contributed by atoms with Gasteiger partial charge in [-0.3, -0.25) is 19.2 Å². The van der Waals surface area contributed by atoms with Crippen LogP contribution < -0.4 is 5.32 Å². The number of fused-ring (bicyclic) bond motifs is 1. The normalized spacial score (nSPS) is 16.6. The molecule has 1 saturated heterocycles. The van der Waals surface area contributed by atoms with E-state index < -0.39 is 17.6 Å². The Morgan fingerprint density at radius 3 is 2.50 bits per heavy atom. The molecule has 1 N–H and O–H groups in total. The molecule has 2 aliphatic heterocycles. The fraction of sp³-hybridized carbons (Fsp3) is 0.517. The molecular formula is C29H36F3N7O3. The molecule has 3 aromatic rings. The van der Waals surface area contributed by atoms with E-state index in [1.807, 2.05) is 32.7 Å². The Hall–Kier alpha value is -3.71. The van der Waals surface area contributed by atoms with Gasteiger partial charge in [0.2, 0.25) is 0 Å². The Morgan fingerprint density at radius 2 is 1.83 bits per heavy atom. The van der Waals surface area contributed by atoms with Crippen LogP contribution in [0.3, 0.4) is 0 Å². The summed E-state index contributed by atoms with van der Waals surface area (Å²) in [5.41, 5.74) is 1.05. The number of anilines is 1. The highest BCUT2D eigenvalue weighted by Crippen LogP contribution is 2.35. The maximum Gasteiger partial charge on any atom is 0.416 e. The quantitative estimate of drug-likeness (QED) is 0.442. The molecule has 4 heterocycles. The van der Waals surface area contributed by atoms with Crippen LogP contribution in [0.4, 0.5) is 18.9 Å². The number of nitrogens with one attached hydrogen (secondary N) is 1. The fourth-order valence-electron chi connectivity index (χ4n) is 5.35. The predicted molar refractivity (Wildman–Crippen MR) is 149 cm³/mol. The Kier molecular flexibility index (Phi) is 8.42. The lowest BCUT2D eigenvalue weighted by molar-refractivity contribution is -0.138. The van der Waals surface area contributed by atoms with Crippen LogP contribution in [0, 0.1) is 0 Å². The summed E-state index contributed by atoms with van der Waals surface area (Å²) < 4.78 is 49.1. The van der Waals surface area contributed by atoms with Crippen LogP contribution in [0.1, 0.15) is 75.8 Å². The molecule has 1 aromatic carbocycles. The van der Waals surface area contributed by atoms with Gasteiger partial charge in [0.25, 0.3) is 11.8 Å². The summed E-state index contributed by atoms with van der Waals surface area (Å²) in [4.78, 5) is 32.4. The molecule has 5 rings (SSSR count). The number of aromatic nitrogens is 3. The van der Waals surface area contributed by atoms with Crippen LogP contribution in [0.5, 0.6) is 0 Å². The number of benzene rings is 1. The molecule has 0 aliphatic carbocycles. The second-order valence-electron chi connectivity index (χ2n) is 11.2. The molecule has 0 saturated carbocycles. The minimum Gasteiger partial charge on any atom is -0.360 e. The van der Waals surface area contributed by atoms with Crippen molar-refractivity contribution in [1.29, 1.82) is 0 Å². The van der Waals surface area contributed by atoms with Gasteiger partial charge in [-0.1, -0.05) is 25.1 Å². The third-order valence-electron chi connectivity index (χ3n) is 7.90. The van der Waals surface area contributed by atoms with Crippen molar-refractivity contribution >= 4 is 17.5 Å². The van der Waals surface area contributed by atoms with Gasteiger partial charge in [0.1, 0.15) is 11.5 Å². The number of carbonyl (C=O) groups excluding carboxylic acids is 2. The molecule has 0 radical (unpaired) electrons. The van der Waals surface area contributed by atoms with Gasteiger partial charge in [-0.2, -0.15) is 18.3 Å². The first-order valence-electron chi connectivity index (χ1n) is 14.2. The number of carbonyl (C=O) groups is 2. The number of rotatable bonds is 7. The first-order valence-corrected chi connectivity index (χ1v) is 14.2. The summed E-state index contributed by atoms with van der Waals surface area (Å²) in [6.45, 7) is 10.0. The van der Waals surface area contributed by atoms with Crippen LogP contribution in [-0.4, -0.2) is 81.2 Å². The molecule has 0 atom stereocenters. The van der Waals surface area contributed by atoms with Crippen LogP contribution >= 0.6 is 0 Å². The Bertz CT molecular complexity index is 1450. The lowest BCUT2D eigenvalue weighted by atomic mass is 10.0. The topological polar surface area (TPSA) is 99.7 Å². The van der Waals surface area contributed by atoms with E-state index in [1.54, 1.807) is 15.6 Å². The summed E-state index contributed by atoms with van der Waals surface area (Å²) in [5, 5.41) is 11.0. The second-order valence-corrected chi connectivity index (χ2v) is 11.2. The molecule has 42 heavy (non-hydrogen) atoms. The number of hydrogen-bond donors (Lipinski definition) is 1. The number of likely N-dealkylation sites (N-methyl/N-ethyl adjacent to an activating group) is 1. The SMILES string of the molecule is CCn1nc(C(C)C)cc1C(=O)N1CCc2onc(C(=O)Nc3ccc(CN4CCN(C)CC4)c(C(F)(F)F)c3)c2C1. The smallest absolute Gasteiger partial charge is 0.360 e. The summed E-state index contributed by atoms with van der Waals surface area (Å²) in [6, 6.07) is 5.64. The van der Waals surface area contributed by atoms with Gasteiger partial charge in [0.15, 0.2) is 5.69 Å². The minimum absolute atomic E-state index is 0.00278. The van der Waals surface area contributed by atoms with Crippen LogP contribution in [0.2, 0.25) is 0 Å². The summed E-state index contributed by atoms with van der Waals surface area (Å²) >= 11 is 0. The largest absolute Gasteiger partial charge is 0.416 e. The van der Waals surface area contributed by atoms with Gasteiger partial charge < -0.3 is 19.6 Å². The average molecular weight is 588 g/mol. The van der Waals surface area contributed by atoms with Crippen molar-refractivity contribution in [3.05, 3.63) is 63.8 Å². The third kappa shape index (κ3) is 6.21. The van der Waals surface area contributed by atoms with Crippen LogP contribution in [0.25, 0.3) is 0 Å². The van der Waals surface area contributed by atoms with E-state index in [4.69, 9.17) is 4.52 Å². The highest BCUT2D eigenvalue weighted by atomic mass is 19.4. The van der Waals surface area contributed by atoms with Crippen molar-refractivity contribution in [3.63, 3.8) is 0 Å². The van der Waals surface area contributed by atoms with Gasteiger partial charge in [0, 0.05) is 63.5 Å². The number of alkyl halides is 3. The van der Waals surface area contributed by atoms with Gasteiger partial charge in [-0.15, -0.1) is 0 Å². The van der Waals surface area contributed by atoms with Gasteiger partial charge >= 0.3 is 6.18 Å². The molecule has 1 fully saturated rings. The molecule has 0 bridgehead atoms. The number of halogens is 3. The lowest BCUT2D eigenvalue weighted by Gasteiger charge is -2.33. The molecule has 2 aliphatic rings. The average Bonchev–Trinajstić information content (AvgIpc) is 3.58. The molecule has 13 heteroatoms. The van der Waals surface area contributed by atoms with Gasteiger partial charge in [0.05, 0.1) is 17.8 Å². The van der Waals surface area contributed by atoms with Crippen molar-refractivity contribution in [1.82, 2.24) is 29.6 Å². The Balaban J connectivity index is 1.32. The van der Waals surface area contributed by atoms with E-state index in [1.165, 1.54) is 12.1 Å². The van der Waals surface area contributed by atoms with Crippen LogP contribution in [0.15, 0.2) is 28.8 Å². The molecule has 0 spiro atoms. The van der Waals surface area contributed by atoms with Crippen molar-refractivity contribution in [2.75, 3.05) is 45.1 Å². The number of hydrogen-bond acceptors (Lipinski definition) is 7. The predicted octanol–water partition coefficient (Wildman–Crippen LogP) is 4.23. The number of amides is 2. The molecule has 10 nitrogen and oxygen atoms in total. The van der Waals surface area contributed by atoms with Crippen molar-refractivity contribution in [2.45, 2.75) is 58.9 Å². The van der Waals surface area contributed by atoms with E-state index in [0.717, 1.165) is 24.8 Å². The van der Waals surface area contributed by atoms with E-state index in [2.05, 4.69) is 20.5 Å². The summed E-state index contributed by atoms with van der Waals surface area (Å²) in [5.74, 6) is -0.283. The summed E-state index contributed by atoms with van der Waals surface area (Å²) in [7, 11) is 1.99. The molecule has 2 amide bonds. The maximum absolute atomic E-state index is 14.0. The standard InChI is InChI=1S/C29H36F3N7O3/c1-5-39-24(15-23(34-39)18(2)3)28(41)38-9-8-25-21(17-38)26(35-42-25)27(40)33-20-7-6-19(22(14-20)29(30,31)32)16-37-12-10-36(4)11-13-37/h6-7,14-15,18H,5,8-13,16-17H2,1-4H3,(H,33,40). The Labute approximate surface area is 242 Å². The van der Waals surface area contributed by atoms with Crippen molar-refractivity contribution in [3.8, 4) is 0 Å². The van der Waals surface area contributed by atoms with Gasteiger partial charge in [-0.05, 0) is 43.7 Å². The van der Waals surface area contributed by atoms with E-state index in [-0.39, 0.29) is 41.9 Å². The zero-order valence-electron chi connectivity index (χ0n) is 24.3. The first kappa shape index (κ1) is 29.8. The van der Waals surface area contributed by atoms with Gasteiger partial charge in [-0.25, -0.2) is 0 Å². The zero-order chi connectivity index (χ0) is 30.2. The third-order valence-corrected chi connectivity index (χ3v) is 7.90. The number of piperazine rings is 1. The minimum atomic E-state index is -4.59. The highest BCUT2D eigenvalue weighted by Gasteiger charge is 2.35.